The molecule has 0 aliphatic carbocycles. The quantitative estimate of drug-likeness (QED) is 0.815. The second kappa shape index (κ2) is 6.90. The van der Waals surface area contributed by atoms with E-state index in [0.29, 0.717) is 20.8 Å². The lowest BCUT2D eigenvalue weighted by Crippen LogP contribution is -2.19. The van der Waals surface area contributed by atoms with E-state index in [1.165, 1.54) is 23.9 Å². The fourth-order valence-electron chi connectivity index (χ4n) is 1.99. The number of carboxylic acids is 1. The maximum absolute atomic E-state index is 12.0. The smallest absolute Gasteiger partial charge is 0.335 e. The van der Waals surface area contributed by atoms with E-state index < -0.39 is 5.97 Å². The summed E-state index contributed by atoms with van der Waals surface area (Å²) in [6, 6.07) is 13.3. The largest absolute Gasteiger partial charge is 0.478 e. The van der Waals surface area contributed by atoms with Crippen molar-refractivity contribution in [3.63, 3.8) is 0 Å². The van der Waals surface area contributed by atoms with Crippen LogP contribution in [0.25, 0.3) is 6.08 Å². The number of nitrogens with one attached hydrogen (secondary N) is 1. The average molecular weight is 359 g/mol. The molecular weight excluding hydrogens is 348 g/mol. The summed E-state index contributed by atoms with van der Waals surface area (Å²) < 4.78 is 0. The van der Waals surface area contributed by atoms with Gasteiger partial charge in [-0.15, -0.1) is 0 Å². The van der Waals surface area contributed by atoms with E-state index in [1.807, 2.05) is 0 Å². The van der Waals surface area contributed by atoms with Crippen LogP contribution in [0.1, 0.15) is 15.9 Å². The Hall–Kier alpha value is -2.57. The Morgan fingerprint density at radius 1 is 1.12 bits per heavy atom. The number of rotatable bonds is 3. The van der Waals surface area contributed by atoms with Crippen molar-refractivity contribution in [2.75, 3.05) is 0 Å². The fraction of sp³-hybridized carbons (Fsp3) is 0. The van der Waals surface area contributed by atoms with E-state index in [0.717, 1.165) is 5.56 Å². The van der Waals surface area contributed by atoms with Crippen LogP contribution in [0.3, 0.4) is 0 Å². The molecule has 0 spiro atoms. The first-order valence-electron chi connectivity index (χ1n) is 6.90. The number of nitrogens with zero attached hydrogens (tertiary/aromatic N) is 1. The molecule has 1 heterocycles. The standard InChI is InChI=1S/C17H11ClN2O3S/c18-12-5-7-13(8-6-12)19-17-20-15(21)14(24-17)9-10-1-3-11(4-2-10)16(22)23/h1-9H,(H,22,23)(H,19,20,21). The molecule has 1 saturated heterocycles. The van der Waals surface area contributed by atoms with Crippen molar-refractivity contribution >= 4 is 52.2 Å². The number of hydrogen-bond acceptors (Lipinski definition) is 4. The zero-order valence-corrected chi connectivity index (χ0v) is 13.8. The van der Waals surface area contributed by atoms with Gasteiger partial charge in [0.2, 0.25) is 0 Å². The highest BCUT2D eigenvalue weighted by Gasteiger charge is 2.23. The molecule has 0 saturated carbocycles. The molecule has 120 valence electrons. The normalized spacial score (nSPS) is 17.3. The number of carboxylic acid groups (broad SMARTS) is 1. The summed E-state index contributed by atoms with van der Waals surface area (Å²) in [7, 11) is 0. The number of thioether (sulfide) groups is 1. The molecule has 5 nitrogen and oxygen atoms in total. The van der Waals surface area contributed by atoms with Gasteiger partial charge >= 0.3 is 5.97 Å². The molecule has 2 N–H and O–H groups in total. The molecule has 7 heteroatoms. The monoisotopic (exact) mass is 358 g/mol. The third-order valence-electron chi connectivity index (χ3n) is 3.16. The fourth-order valence-corrected chi connectivity index (χ4v) is 2.95. The van der Waals surface area contributed by atoms with E-state index in [-0.39, 0.29) is 11.5 Å². The molecule has 0 bridgehead atoms. The van der Waals surface area contributed by atoms with Crippen molar-refractivity contribution in [3.05, 3.63) is 69.6 Å². The third kappa shape index (κ3) is 3.84. The number of amides is 1. The van der Waals surface area contributed by atoms with Crippen molar-refractivity contribution < 1.29 is 14.7 Å². The molecule has 0 atom stereocenters. The van der Waals surface area contributed by atoms with Crippen LogP contribution in [0.5, 0.6) is 0 Å². The zero-order valence-electron chi connectivity index (χ0n) is 12.2. The lowest BCUT2D eigenvalue weighted by atomic mass is 10.1. The third-order valence-corrected chi connectivity index (χ3v) is 4.33. The number of hydrogen-bond donors (Lipinski definition) is 2. The Morgan fingerprint density at radius 2 is 1.79 bits per heavy atom. The van der Waals surface area contributed by atoms with Crippen LogP contribution < -0.4 is 5.32 Å². The molecule has 1 fully saturated rings. The minimum Gasteiger partial charge on any atom is -0.478 e. The van der Waals surface area contributed by atoms with Gasteiger partial charge in [0.15, 0.2) is 5.17 Å². The van der Waals surface area contributed by atoms with E-state index in [9.17, 15) is 9.59 Å². The highest BCUT2D eigenvalue weighted by atomic mass is 35.5. The van der Waals surface area contributed by atoms with E-state index in [2.05, 4.69) is 10.3 Å². The molecule has 0 unspecified atom stereocenters. The Balaban J connectivity index is 1.79. The van der Waals surface area contributed by atoms with Crippen molar-refractivity contribution in [2.24, 2.45) is 4.99 Å². The molecule has 3 rings (SSSR count). The van der Waals surface area contributed by atoms with Crippen LogP contribution in [-0.4, -0.2) is 22.2 Å². The molecule has 2 aromatic carbocycles. The second-order valence-electron chi connectivity index (χ2n) is 4.89. The van der Waals surface area contributed by atoms with Crippen LogP contribution in [0, 0.1) is 0 Å². The Labute approximate surface area is 147 Å². The van der Waals surface area contributed by atoms with Gasteiger partial charge in [-0.2, -0.15) is 0 Å². The molecule has 24 heavy (non-hydrogen) atoms. The van der Waals surface area contributed by atoms with Gasteiger partial charge in [-0.25, -0.2) is 9.79 Å². The minimum absolute atomic E-state index is 0.200. The van der Waals surface area contributed by atoms with Crippen LogP contribution in [0.2, 0.25) is 5.02 Å². The maximum Gasteiger partial charge on any atom is 0.335 e. The zero-order chi connectivity index (χ0) is 17.1. The van der Waals surface area contributed by atoms with Gasteiger partial charge in [-0.3, -0.25) is 4.79 Å². The first kappa shape index (κ1) is 16.3. The van der Waals surface area contributed by atoms with E-state index in [1.54, 1.807) is 42.5 Å². The highest BCUT2D eigenvalue weighted by Crippen LogP contribution is 2.28. The Kier molecular flexibility index (Phi) is 4.69. The summed E-state index contributed by atoms with van der Waals surface area (Å²) in [4.78, 5) is 27.7. The van der Waals surface area contributed by atoms with Crippen molar-refractivity contribution in [1.29, 1.82) is 0 Å². The van der Waals surface area contributed by atoms with Crippen LogP contribution in [0.4, 0.5) is 5.69 Å². The number of halogens is 1. The topological polar surface area (TPSA) is 78.8 Å². The second-order valence-corrected chi connectivity index (χ2v) is 6.35. The number of aromatic carboxylic acids is 1. The predicted molar refractivity (Wildman–Crippen MR) is 95.7 cm³/mol. The molecule has 1 aliphatic heterocycles. The van der Waals surface area contributed by atoms with Gasteiger partial charge in [0.1, 0.15) is 0 Å². The van der Waals surface area contributed by atoms with Gasteiger partial charge < -0.3 is 10.4 Å². The van der Waals surface area contributed by atoms with Crippen molar-refractivity contribution in [3.8, 4) is 0 Å². The first-order chi connectivity index (χ1) is 11.5. The van der Waals surface area contributed by atoms with Gasteiger partial charge in [0.25, 0.3) is 5.91 Å². The number of carbonyl (C=O) groups is 2. The number of carbonyl (C=O) groups excluding carboxylic acids is 1. The lowest BCUT2D eigenvalue weighted by Gasteiger charge is -1.97. The van der Waals surface area contributed by atoms with Gasteiger partial charge in [0.05, 0.1) is 16.2 Å². The van der Waals surface area contributed by atoms with Gasteiger partial charge in [-0.05, 0) is 59.8 Å². The molecule has 1 aliphatic rings. The van der Waals surface area contributed by atoms with Crippen molar-refractivity contribution in [1.82, 2.24) is 5.32 Å². The van der Waals surface area contributed by atoms with Gasteiger partial charge in [0, 0.05) is 5.02 Å². The average Bonchev–Trinajstić information content (AvgIpc) is 2.89. The minimum atomic E-state index is -0.987. The van der Waals surface area contributed by atoms with E-state index >= 15 is 0 Å². The maximum atomic E-state index is 12.0. The van der Waals surface area contributed by atoms with Crippen LogP contribution in [-0.2, 0) is 4.79 Å². The Morgan fingerprint density at radius 3 is 2.42 bits per heavy atom. The summed E-state index contributed by atoms with van der Waals surface area (Å²) in [6.07, 6.45) is 1.69. The number of amidine groups is 1. The SMILES string of the molecule is O=C1NC(=Nc2ccc(Cl)cc2)SC1=Cc1ccc(C(=O)O)cc1. The van der Waals surface area contributed by atoms with E-state index in [4.69, 9.17) is 16.7 Å². The first-order valence-corrected chi connectivity index (χ1v) is 8.09. The highest BCUT2D eigenvalue weighted by molar-refractivity contribution is 8.18. The predicted octanol–water partition coefficient (Wildman–Crippen LogP) is 3.93. The Bertz CT molecular complexity index is 858. The van der Waals surface area contributed by atoms with Crippen molar-refractivity contribution in [2.45, 2.75) is 0 Å². The number of benzene rings is 2. The summed E-state index contributed by atoms with van der Waals surface area (Å²) in [5.41, 5.74) is 1.63. The van der Waals surface area contributed by atoms with Crippen LogP contribution in [0.15, 0.2) is 58.4 Å². The summed E-state index contributed by atoms with van der Waals surface area (Å²) >= 11 is 7.05. The lowest BCUT2D eigenvalue weighted by molar-refractivity contribution is -0.115. The molecule has 1 amide bonds. The van der Waals surface area contributed by atoms with Gasteiger partial charge in [-0.1, -0.05) is 23.7 Å². The molecule has 2 aromatic rings. The van der Waals surface area contributed by atoms with Crippen LogP contribution >= 0.6 is 23.4 Å². The molecular formula is C17H11ClN2O3S. The molecule has 0 radical (unpaired) electrons. The number of aliphatic imine (C=N–C) groups is 1. The summed E-state index contributed by atoms with van der Waals surface area (Å²) in [5.74, 6) is -1.23. The summed E-state index contributed by atoms with van der Waals surface area (Å²) in [5, 5.41) is 12.7. The molecule has 0 aromatic heterocycles. The summed E-state index contributed by atoms with van der Waals surface area (Å²) in [6.45, 7) is 0.